The van der Waals surface area contributed by atoms with E-state index in [0.717, 1.165) is 20.8 Å². The summed E-state index contributed by atoms with van der Waals surface area (Å²) in [5.74, 6) is 1.85. The number of nitrogens with one attached hydrogen (secondary N) is 1. The molecule has 0 aliphatic rings. The van der Waals surface area contributed by atoms with Crippen molar-refractivity contribution >= 4 is 22.6 Å². The van der Waals surface area contributed by atoms with Crippen molar-refractivity contribution in [2.45, 2.75) is 19.5 Å². The van der Waals surface area contributed by atoms with Crippen LogP contribution < -0.4 is 10.1 Å². The average Bonchev–Trinajstić information content (AvgIpc) is 2.81. The van der Waals surface area contributed by atoms with E-state index in [1.807, 2.05) is 30.3 Å². The summed E-state index contributed by atoms with van der Waals surface area (Å²) in [5.41, 5.74) is 1.15. The fraction of sp³-hybridized carbons (Fsp3) is 0.286. The molecular formula is C14H16INO2. The third-order valence-electron chi connectivity index (χ3n) is 2.82. The number of furan rings is 1. The molecule has 1 N–H and O–H groups in total. The van der Waals surface area contributed by atoms with Crippen molar-refractivity contribution in [2.24, 2.45) is 0 Å². The molecule has 0 amide bonds. The highest BCUT2D eigenvalue weighted by Crippen LogP contribution is 2.24. The van der Waals surface area contributed by atoms with E-state index >= 15 is 0 Å². The van der Waals surface area contributed by atoms with Crippen LogP contribution in [0, 0.1) is 3.77 Å². The summed E-state index contributed by atoms with van der Waals surface area (Å²) in [6.45, 7) is 2.83. The Kier molecular flexibility index (Phi) is 4.66. The van der Waals surface area contributed by atoms with Crippen LogP contribution in [-0.4, -0.2) is 7.11 Å². The van der Waals surface area contributed by atoms with E-state index in [1.54, 1.807) is 7.11 Å². The van der Waals surface area contributed by atoms with Crippen LogP contribution in [0.25, 0.3) is 0 Å². The molecule has 0 radical (unpaired) electrons. The maximum Gasteiger partial charge on any atom is 0.164 e. The van der Waals surface area contributed by atoms with Gasteiger partial charge in [0.2, 0.25) is 0 Å². The first kappa shape index (κ1) is 13.4. The van der Waals surface area contributed by atoms with Crippen molar-refractivity contribution in [2.75, 3.05) is 7.11 Å². The summed E-state index contributed by atoms with van der Waals surface area (Å²) in [7, 11) is 1.69. The van der Waals surface area contributed by atoms with Gasteiger partial charge in [0.15, 0.2) is 3.77 Å². The number of ether oxygens (including phenoxy) is 1. The first-order valence-electron chi connectivity index (χ1n) is 5.81. The molecule has 4 heteroatoms. The molecule has 0 aliphatic heterocycles. The van der Waals surface area contributed by atoms with Crippen LogP contribution in [0.15, 0.2) is 40.8 Å². The Balaban J connectivity index is 2.01. The van der Waals surface area contributed by atoms with Gasteiger partial charge in [-0.1, -0.05) is 18.2 Å². The number of methoxy groups -OCH3 is 1. The van der Waals surface area contributed by atoms with Crippen LogP contribution in [0.4, 0.5) is 0 Å². The molecule has 18 heavy (non-hydrogen) atoms. The number of rotatable bonds is 5. The summed E-state index contributed by atoms with van der Waals surface area (Å²) in [5, 5.41) is 3.43. The molecule has 0 spiro atoms. The van der Waals surface area contributed by atoms with E-state index in [-0.39, 0.29) is 6.04 Å². The van der Waals surface area contributed by atoms with E-state index in [9.17, 15) is 0 Å². The lowest BCUT2D eigenvalue weighted by atomic mass is 10.1. The highest BCUT2D eigenvalue weighted by Gasteiger charge is 2.10. The Hall–Kier alpha value is -1.01. The zero-order chi connectivity index (χ0) is 13.0. The maximum absolute atomic E-state index is 5.52. The summed E-state index contributed by atoms with van der Waals surface area (Å²) in [6, 6.07) is 12.2. The minimum atomic E-state index is 0.212. The number of benzene rings is 1. The van der Waals surface area contributed by atoms with Crippen molar-refractivity contribution in [3.8, 4) is 5.75 Å². The van der Waals surface area contributed by atoms with Gasteiger partial charge in [-0.05, 0) is 47.7 Å². The molecule has 0 saturated heterocycles. The van der Waals surface area contributed by atoms with E-state index in [2.05, 4.69) is 40.9 Å². The fourth-order valence-corrected chi connectivity index (χ4v) is 2.30. The minimum absolute atomic E-state index is 0.212. The summed E-state index contributed by atoms with van der Waals surface area (Å²) in [6.07, 6.45) is 0. The summed E-state index contributed by atoms with van der Waals surface area (Å²) < 4.78 is 11.8. The maximum atomic E-state index is 5.52. The molecule has 2 rings (SSSR count). The van der Waals surface area contributed by atoms with Crippen molar-refractivity contribution < 1.29 is 9.15 Å². The number of hydrogen-bond donors (Lipinski definition) is 1. The van der Waals surface area contributed by atoms with Gasteiger partial charge in [-0.2, -0.15) is 0 Å². The zero-order valence-electron chi connectivity index (χ0n) is 10.4. The summed E-state index contributed by atoms with van der Waals surface area (Å²) in [4.78, 5) is 0. The third-order valence-corrected chi connectivity index (χ3v) is 3.40. The van der Waals surface area contributed by atoms with Gasteiger partial charge >= 0.3 is 0 Å². The molecule has 1 aromatic carbocycles. The molecule has 3 nitrogen and oxygen atoms in total. The van der Waals surface area contributed by atoms with Crippen LogP contribution in [0.3, 0.4) is 0 Å². The Morgan fingerprint density at radius 3 is 2.72 bits per heavy atom. The lowest BCUT2D eigenvalue weighted by Crippen LogP contribution is -2.18. The summed E-state index contributed by atoms with van der Waals surface area (Å²) >= 11 is 2.17. The van der Waals surface area contributed by atoms with Crippen molar-refractivity contribution in [1.29, 1.82) is 0 Å². The van der Waals surface area contributed by atoms with Crippen LogP contribution in [0.2, 0.25) is 0 Å². The monoisotopic (exact) mass is 357 g/mol. The number of hydrogen-bond acceptors (Lipinski definition) is 3. The molecule has 0 unspecified atom stereocenters. The Labute approximate surface area is 121 Å². The van der Waals surface area contributed by atoms with E-state index < -0.39 is 0 Å². The Morgan fingerprint density at radius 2 is 2.06 bits per heavy atom. The second-order valence-corrected chi connectivity index (χ2v) is 5.11. The standard InChI is InChI=1S/C14H16INO2/c1-10(12-5-3-4-6-13(12)17-2)16-9-11-7-8-14(15)18-11/h3-8,10,16H,9H2,1-2H3/t10-/m0/s1. The van der Waals surface area contributed by atoms with Crippen LogP contribution in [-0.2, 0) is 6.54 Å². The quantitative estimate of drug-likeness (QED) is 0.828. The van der Waals surface area contributed by atoms with Crippen molar-refractivity contribution in [3.05, 3.63) is 51.5 Å². The van der Waals surface area contributed by atoms with Crippen LogP contribution >= 0.6 is 22.6 Å². The van der Waals surface area contributed by atoms with E-state index in [0.29, 0.717) is 6.54 Å². The molecule has 0 fully saturated rings. The second kappa shape index (κ2) is 6.24. The highest BCUT2D eigenvalue weighted by atomic mass is 127. The third kappa shape index (κ3) is 3.26. The Morgan fingerprint density at radius 1 is 1.28 bits per heavy atom. The Bertz CT molecular complexity index is 510. The fourth-order valence-electron chi connectivity index (χ4n) is 1.83. The largest absolute Gasteiger partial charge is 0.496 e. The number of para-hydroxylation sites is 1. The van der Waals surface area contributed by atoms with Gasteiger partial charge in [0.1, 0.15) is 11.5 Å². The van der Waals surface area contributed by atoms with Gasteiger partial charge in [0.05, 0.1) is 13.7 Å². The van der Waals surface area contributed by atoms with Gasteiger partial charge in [0, 0.05) is 11.6 Å². The molecular weight excluding hydrogens is 341 g/mol. The highest BCUT2D eigenvalue weighted by molar-refractivity contribution is 14.1. The van der Waals surface area contributed by atoms with Crippen LogP contribution in [0.1, 0.15) is 24.3 Å². The first-order chi connectivity index (χ1) is 8.70. The molecule has 0 saturated carbocycles. The van der Waals surface area contributed by atoms with Gasteiger partial charge < -0.3 is 14.5 Å². The molecule has 1 aromatic heterocycles. The normalized spacial score (nSPS) is 12.4. The van der Waals surface area contributed by atoms with Gasteiger partial charge in [-0.15, -0.1) is 0 Å². The molecule has 2 aromatic rings. The molecule has 1 atom stereocenters. The van der Waals surface area contributed by atoms with Gasteiger partial charge in [-0.25, -0.2) is 0 Å². The minimum Gasteiger partial charge on any atom is -0.496 e. The lowest BCUT2D eigenvalue weighted by Gasteiger charge is -2.16. The van der Waals surface area contributed by atoms with E-state index in [1.165, 1.54) is 0 Å². The SMILES string of the molecule is COc1ccccc1[C@H](C)NCc1ccc(I)o1. The lowest BCUT2D eigenvalue weighted by molar-refractivity contribution is 0.396. The van der Waals surface area contributed by atoms with Crippen molar-refractivity contribution in [3.63, 3.8) is 0 Å². The smallest absolute Gasteiger partial charge is 0.164 e. The average molecular weight is 357 g/mol. The second-order valence-electron chi connectivity index (χ2n) is 4.05. The van der Waals surface area contributed by atoms with E-state index in [4.69, 9.17) is 9.15 Å². The van der Waals surface area contributed by atoms with Crippen molar-refractivity contribution in [1.82, 2.24) is 5.32 Å². The molecule has 0 bridgehead atoms. The molecule has 96 valence electrons. The molecule has 0 aliphatic carbocycles. The predicted octanol–water partition coefficient (Wildman–Crippen LogP) is 3.74. The zero-order valence-corrected chi connectivity index (χ0v) is 12.6. The number of halogens is 1. The molecule has 1 heterocycles. The predicted molar refractivity (Wildman–Crippen MR) is 79.7 cm³/mol. The van der Waals surface area contributed by atoms with Gasteiger partial charge in [0.25, 0.3) is 0 Å². The van der Waals surface area contributed by atoms with Crippen LogP contribution in [0.5, 0.6) is 5.75 Å². The topological polar surface area (TPSA) is 34.4 Å². The first-order valence-corrected chi connectivity index (χ1v) is 6.89. The van der Waals surface area contributed by atoms with Gasteiger partial charge in [-0.3, -0.25) is 0 Å².